The van der Waals surface area contributed by atoms with Crippen LogP contribution in [0.5, 0.6) is 0 Å². The minimum atomic E-state index is 0. The minimum Gasteiger partial charge on any atom is -0.542 e. The summed E-state index contributed by atoms with van der Waals surface area (Å²) in [6, 6.07) is 0. The molecular formula is C6H9O2V-. The van der Waals surface area contributed by atoms with Crippen LogP contribution in [0.2, 0.25) is 0 Å². The molecule has 0 aromatic rings. The van der Waals surface area contributed by atoms with Gasteiger partial charge in [-0.25, -0.2) is 0 Å². The fourth-order valence-electron chi connectivity index (χ4n) is 0.410. The number of rotatable bonds is 4. The largest absolute Gasteiger partial charge is 0.542 e. The van der Waals surface area contributed by atoms with Crippen LogP contribution >= 0.6 is 0 Å². The number of hydrogen-bond donors (Lipinski definition) is 0. The number of carbonyl (C=O) groups excluding carboxylic acids is 2. The fourth-order valence-corrected chi connectivity index (χ4v) is 0.410. The predicted octanol–water partition coefficient (Wildman–Crippen LogP) is 0.853. The molecule has 0 N–H and O–H groups in total. The number of carbonyl (C=O) groups is 1. The quantitative estimate of drug-likeness (QED) is 0.456. The summed E-state index contributed by atoms with van der Waals surface area (Å²) in [5.41, 5.74) is 0. The number of Topliss-reactive ketones (excluding diaryl/α,β-unsaturated/α-hetero) is 1. The average Bonchev–Trinajstić information content (AvgIpc) is 1.66. The van der Waals surface area contributed by atoms with Gasteiger partial charge in [0.2, 0.25) is 0 Å². The molecule has 1 radical (unpaired) electrons. The van der Waals surface area contributed by atoms with E-state index in [2.05, 4.69) is 0 Å². The Hall–Kier alpha value is -0.0756. The molecule has 0 unspecified atom stereocenters. The van der Waals surface area contributed by atoms with Gasteiger partial charge in [-0.3, -0.25) is 6.29 Å². The molecule has 0 atom stereocenters. The van der Waals surface area contributed by atoms with Crippen molar-refractivity contribution in [1.29, 1.82) is 0 Å². The van der Waals surface area contributed by atoms with Crippen LogP contribution in [-0.2, 0) is 28.1 Å². The van der Waals surface area contributed by atoms with Gasteiger partial charge >= 0.3 is 0 Å². The first-order valence-corrected chi connectivity index (χ1v) is 2.62. The van der Waals surface area contributed by atoms with Gasteiger partial charge < -0.3 is 9.59 Å². The average molecular weight is 164 g/mol. The maximum absolute atomic E-state index is 10.2. The van der Waals surface area contributed by atoms with E-state index < -0.39 is 0 Å². The zero-order valence-electron chi connectivity index (χ0n) is 5.39. The van der Waals surface area contributed by atoms with Gasteiger partial charge in [0.25, 0.3) is 0 Å². The number of ketones is 1. The van der Waals surface area contributed by atoms with Crippen molar-refractivity contribution in [3.05, 3.63) is 0 Å². The second-order valence-electron chi connectivity index (χ2n) is 1.70. The molecule has 0 fully saturated rings. The first kappa shape index (κ1) is 11.7. The van der Waals surface area contributed by atoms with Crippen LogP contribution in [0.25, 0.3) is 0 Å². The molecule has 0 aliphatic heterocycles. The third-order valence-corrected chi connectivity index (χ3v) is 0.808. The monoisotopic (exact) mass is 164 g/mol. The Kier molecular flexibility index (Phi) is 10.3. The molecule has 0 saturated carbocycles. The molecule has 9 heavy (non-hydrogen) atoms. The van der Waals surface area contributed by atoms with E-state index in [-0.39, 0.29) is 24.3 Å². The summed E-state index contributed by atoms with van der Waals surface area (Å²) in [5.74, 6) is 0.139. The van der Waals surface area contributed by atoms with E-state index in [1.54, 1.807) is 6.29 Å². The molecule has 0 aliphatic rings. The molecule has 0 saturated heterocycles. The van der Waals surface area contributed by atoms with Crippen molar-refractivity contribution in [3.63, 3.8) is 0 Å². The Morgan fingerprint density at radius 1 is 1.56 bits per heavy atom. The molecule has 0 amide bonds. The van der Waals surface area contributed by atoms with Gasteiger partial charge in [0, 0.05) is 25.0 Å². The zero-order chi connectivity index (χ0) is 6.41. The smallest absolute Gasteiger partial charge is 0.129 e. The minimum absolute atomic E-state index is 0. The second-order valence-corrected chi connectivity index (χ2v) is 1.70. The Bertz CT molecular complexity index is 91.1. The van der Waals surface area contributed by atoms with E-state index in [0.717, 1.165) is 0 Å². The van der Waals surface area contributed by atoms with Gasteiger partial charge in [-0.1, -0.05) is 6.42 Å². The molecule has 0 heterocycles. The normalized spacial score (nSPS) is 7.67. The van der Waals surface area contributed by atoms with Crippen molar-refractivity contribution >= 4 is 12.1 Å². The third kappa shape index (κ3) is 11.5. The maximum Gasteiger partial charge on any atom is 0.129 e. The summed E-state index contributed by atoms with van der Waals surface area (Å²) < 4.78 is 0. The summed E-state index contributed by atoms with van der Waals surface area (Å²) in [6.07, 6.45) is 3.27. The second kappa shape index (κ2) is 7.92. The van der Waals surface area contributed by atoms with Crippen LogP contribution in [-0.4, -0.2) is 12.1 Å². The Morgan fingerprint density at radius 3 is 2.44 bits per heavy atom. The summed E-state index contributed by atoms with van der Waals surface area (Å²) in [5, 5.41) is 0. The van der Waals surface area contributed by atoms with Crippen LogP contribution in [0.4, 0.5) is 0 Å². The number of hydrogen-bond acceptors (Lipinski definition) is 2. The standard InChI is InChI=1S/C6H9O2.V/c1-6(8)4-2-3-5-7;/h2-4H2,1H3;/q-1;. The molecule has 0 aliphatic carbocycles. The molecule has 2 nitrogen and oxygen atoms in total. The van der Waals surface area contributed by atoms with Crippen LogP contribution in [0.15, 0.2) is 0 Å². The molecule has 0 aromatic heterocycles. The van der Waals surface area contributed by atoms with E-state index in [4.69, 9.17) is 0 Å². The van der Waals surface area contributed by atoms with Crippen molar-refractivity contribution < 1.29 is 28.1 Å². The van der Waals surface area contributed by atoms with Crippen molar-refractivity contribution in [2.75, 3.05) is 0 Å². The topological polar surface area (TPSA) is 34.1 Å². The van der Waals surface area contributed by atoms with Crippen LogP contribution in [0.1, 0.15) is 26.2 Å². The first-order chi connectivity index (χ1) is 3.77. The first-order valence-electron chi connectivity index (χ1n) is 2.62. The molecule has 51 valence electrons. The molecular weight excluding hydrogens is 155 g/mol. The van der Waals surface area contributed by atoms with Gasteiger partial charge in [-0.05, 0) is 6.92 Å². The van der Waals surface area contributed by atoms with Gasteiger partial charge in [0.15, 0.2) is 0 Å². The molecule has 0 aromatic carbocycles. The van der Waals surface area contributed by atoms with E-state index in [1.807, 2.05) is 0 Å². The maximum atomic E-state index is 10.2. The van der Waals surface area contributed by atoms with E-state index in [1.165, 1.54) is 6.92 Å². The summed E-state index contributed by atoms with van der Waals surface area (Å²) in [4.78, 5) is 19.7. The van der Waals surface area contributed by atoms with E-state index in [0.29, 0.717) is 19.3 Å². The Labute approximate surface area is 66.9 Å². The van der Waals surface area contributed by atoms with Crippen molar-refractivity contribution in [2.45, 2.75) is 26.2 Å². The summed E-state index contributed by atoms with van der Waals surface area (Å²) >= 11 is 0. The van der Waals surface area contributed by atoms with E-state index in [9.17, 15) is 9.59 Å². The van der Waals surface area contributed by atoms with E-state index >= 15 is 0 Å². The van der Waals surface area contributed by atoms with Crippen molar-refractivity contribution in [2.24, 2.45) is 0 Å². The fraction of sp³-hybridized carbons (Fsp3) is 0.667. The van der Waals surface area contributed by atoms with Gasteiger partial charge in [-0.15, -0.1) is 0 Å². The predicted molar refractivity (Wildman–Crippen MR) is 30.2 cm³/mol. The van der Waals surface area contributed by atoms with Gasteiger partial charge in [-0.2, -0.15) is 6.42 Å². The number of unbranched alkanes of at least 4 members (excludes halogenated alkanes) is 1. The summed E-state index contributed by atoms with van der Waals surface area (Å²) in [7, 11) is 0. The van der Waals surface area contributed by atoms with Crippen molar-refractivity contribution in [3.8, 4) is 0 Å². The third-order valence-electron chi connectivity index (χ3n) is 0.808. The summed E-state index contributed by atoms with van der Waals surface area (Å²) in [6.45, 7) is 1.52. The van der Waals surface area contributed by atoms with Crippen LogP contribution in [0, 0.1) is 0 Å². The van der Waals surface area contributed by atoms with Gasteiger partial charge in [0.05, 0.1) is 0 Å². The molecule has 0 rings (SSSR count). The van der Waals surface area contributed by atoms with Crippen LogP contribution in [0.3, 0.4) is 0 Å². The Morgan fingerprint density at radius 2 is 2.11 bits per heavy atom. The molecule has 3 heteroatoms. The Balaban J connectivity index is 0. The molecule has 0 bridgehead atoms. The van der Waals surface area contributed by atoms with Crippen LogP contribution < -0.4 is 0 Å². The zero-order valence-corrected chi connectivity index (χ0v) is 6.78. The van der Waals surface area contributed by atoms with Gasteiger partial charge in [0.1, 0.15) is 5.78 Å². The van der Waals surface area contributed by atoms with Crippen molar-refractivity contribution in [1.82, 2.24) is 0 Å². The molecule has 0 spiro atoms. The SMILES string of the molecule is CC(=O)CCC[C-]=O.[V].